The van der Waals surface area contributed by atoms with Gasteiger partial charge in [-0.05, 0) is 61.1 Å². The number of nitrogens with one attached hydrogen (secondary N) is 1. The van der Waals surface area contributed by atoms with Crippen LogP contribution in [0.3, 0.4) is 0 Å². The minimum absolute atomic E-state index is 0.739. The molecule has 2 nitrogen and oxygen atoms in total. The van der Waals surface area contributed by atoms with Gasteiger partial charge >= 0.3 is 0 Å². The van der Waals surface area contributed by atoms with Crippen LogP contribution in [0.4, 0.5) is 5.69 Å². The zero-order chi connectivity index (χ0) is 18.2. The number of halogens is 1. The van der Waals surface area contributed by atoms with Gasteiger partial charge in [-0.2, -0.15) is 0 Å². The van der Waals surface area contributed by atoms with Crippen molar-refractivity contribution in [3.05, 3.63) is 70.3 Å². The van der Waals surface area contributed by atoms with Crippen molar-refractivity contribution < 1.29 is 4.74 Å². The van der Waals surface area contributed by atoms with Gasteiger partial charge in [0.25, 0.3) is 0 Å². The van der Waals surface area contributed by atoms with E-state index in [4.69, 9.17) is 16.3 Å². The molecule has 2 aromatic carbocycles. The summed E-state index contributed by atoms with van der Waals surface area (Å²) in [6.07, 6.45) is 2.00. The van der Waals surface area contributed by atoms with Crippen LogP contribution < -0.4 is 5.32 Å². The maximum absolute atomic E-state index is 6.01. The highest BCUT2D eigenvalue weighted by atomic mass is 35.5. The summed E-state index contributed by atoms with van der Waals surface area (Å²) >= 11 is 6.01. The van der Waals surface area contributed by atoms with Crippen molar-refractivity contribution in [1.82, 2.24) is 0 Å². The Balaban J connectivity index is 2.27. The Bertz CT molecular complexity index is 707. The van der Waals surface area contributed by atoms with Gasteiger partial charge in [-0.15, -0.1) is 0 Å². The van der Waals surface area contributed by atoms with Gasteiger partial charge in [0.05, 0.1) is 0 Å². The van der Waals surface area contributed by atoms with Gasteiger partial charge < -0.3 is 10.1 Å². The Morgan fingerprint density at radius 3 is 2.48 bits per heavy atom. The molecule has 0 aliphatic rings. The van der Waals surface area contributed by atoms with Crippen LogP contribution in [0.25, 0.3) is 5.57 Å². The molecule has 0 saturated carbocycles. The van der Waals surface area contributed by atoms with E-state index < -0.39 is 0 Å². The summed E-state index contributed by atoms with van der Waals surface area (Å²) in [6.45, 7) is 13.2. The lowest BCUT2D eigenvalue weighted by Crippen LogP contribution is -2.10. The fraction of sp³-hybridized carbons (Fsp3) is 0.364. The molecule has 25 heavy (non-hydrogen) atoms. The van der Waals surface area contributed by atoms with Crippen LogP contribution in [0, 0.1) is 6.92 Å². The molecular formula is C22H28ClNO. The Labute approximate surface area is 156 Å². The SMILES string of the molecule is C=C(c1ccc(Cl)cc1)c1ccc(CC)c(C)c1NCCCOCC. The summed E-state index contributed by atoms with van der Waals surface area (Å²) in [7, 11) is 0. The van der Waals surface area contributed by atoms with Crippen molar-refractivity contribution in [1.29, 1.82) is 0 Å². The Hall–Kier alpha value is -1.77. The van der Waals surface area contributed by atoms with Crippen molar-refractivity contribution in [2.45, 2.75) is 33.6 Å². The predicted octanol–water partition coefficient (Wildman–Crippen LogP) is 6.11. The average molecular weight is 358 g/mol. The second-order valence-electron chi connectivity index (χ2n) is 6.09. The quantitative estimate of drug-likeness (QED) is 0.546. The first kappa shape index (κ1) is 19.6. The minimum atomic E-state index is 0.739. The van der Waals surface area contributed by atoms with E-state index >= 15 is 0 Å². The Kier molecular flexibility index (Phi) is 7.54. The third kappa shape index (κ3) is 5.10. The third-order valence-corrected chi connectivity index (χ3v) is 4.70. The van der Waals surface area contributed by atoms with E-state index in [1.807, 2.05) is 31.2 Å². The second kappa shape index (κ2) is 9.65. The van der Waals surface area contributed by atoms with Crippen molar-refractivity contribution >= 4 is 22.9 Å². The Morgan fingerprint density at radius 1 is 1.12 bits per heavy atom. The summed E-state index contributed by atoms with van der Waals surface area (Å²) in [5, 5.41) is 4.35. The molecule has 0 fully saturated rings. The molecule has 0 amide bonds. The normalized spacial score (nSPS) is 10.7. The van der Waals surface area contributed by atoms with Crippen LogP contribution in [-0.2, 0) is 11.2 Å². The lowest BCUT2D eigenvalue weighted by molar-refractivity contribution is 0.147. The molecule has 0 heterocycles. The van der Waals surface area contributed by atoms with E-state index in [0.717, 1.165) is 54.3 Å². The molecule has 3 heteroatoms. The molecule has 0 radical (unpaired) electrons. The molecule has 0 saturated heterocycles. The first-order valence-corrected chi connectivity index (χ1v) is 9.35. The number of aryl methyl sites for hydroxylation is 1. The number of benzene rings is 2. The van der Waals surface area contributed by atoms with Gasteiger partial charge in [-0.3, -0.25) is 0 Å². The highest BCUT2D eigenvalue weighted by Gasteiger charge is 2.13. The van der Waals surface area contributed by atoms with E-state index in [1.165, 1.54) is 16.8 Å². The molecule has 134 valence electrons. The van der Waals surface area contributed by atoms with E-state index in [9.17, 15) is 0 Å². The minimum Gasteiger partial charge on any atom is -0.384 e. The topological polar surface area (TPSA) is 21.3 Å². The van der Waals surface area contributed by atoms with Crippen molar-refractivity contribution in [2.75, 3.05) is 25.1 Å². The van der Waals surface area contributed by atoms with Crippen LogP contribution in [0.2, 0.25) is 5.02 Å². The molecule has 0 aliphatic carbocycles. The summed E-state index contributed by atoms with van der Waals surface area (Å²) in [5.41, 5.74) is 7.08. The molecule has 0 atom stereocenters. The van der Waals surface area contributed by atoms with E-state index in [0.29, 0.717) is 0 Å². The summed E-state index contributed by atoms with van der Waals surface area (Å²) in [4.78, 5) is 0. The van der Waals surface area contributed by atoms with Crippen molar-refractivity contribution in [3.8, 4) is 0 Å². The average Bonchev–Trinajstić information content (AvgIpc) is 2.62. The monoisotopic (exact) mass is 357 g/mol. The van der Waals surface area contributed by atoms with Gasteiger partial charge in [0.15, 0.2) is 0 Å². The van der Waals surface area contributed by atoms with Crippen LogP contribution in [0.5, 0.6) is 0 Å². The Morgan fingerprint density at radius 2 is 1.84 bits per heavy atom. The van der Waals surface area contributed by atoms with Gasteiger partial charge in [-0.1, -0.05) is 49.4 Å². The zero-order valence-corrected chi connectivity index (χ0v) is 16.2. The van der Waals surface area contributed by atoms with Gasteiger partial charge in [0.1, 0.15) is 0 Å². The van der Waals surface area contributed by atoms with E-state index in [1.54, 1.807) is 0 Å². The first-order chi connectivity index (χ1) is 12.1. The van der Waals surface area contributed by atoms with E-state index in [2.05, 4.69) is 37.9 Å². The fourth-order valence-corrected chi connectivity index (χ4v) is 3.08. The largest absolute Gasteiger partial charge is 0.384 e. The van der Waals surface area contributed by atoms with Crippen molar-refractivity contribution in [3.63, 3.8) is 0 Å². The molecule has 2 aromatic rings. The highest BCUT2D eigenvalue weighted by Crippen LogP contribution is 2.33. The molecule has 0 bridgehead atoms. The number of ether oxygens (including phenoxy) is 1. The fourth-order valence-electron chi connectivity index (χ4n) is 2.96. The van der Waals surface area contributed by atoms with E-state index in [-0.39, 0.29) is 0 Å². The number of anilines is 1. The maximum atomic E-state index is 6.01. The summed E-state index contributed by atoms with van der Waals surface area (Å²) in [5.74, 6) is 0. The van der Waals surface area contributed by atoms with Crippen LogP contribution >= 0.6 is 11.6 Å². The zero-order valence-electron chi connectivity index (χ0n) is 15.5. The standard InChI is InChI=1S/C22H28ClNO/c1-5-18-10-13-21(16(3)19-8-11-20(23)12-9-19)22(17(18)4)24-14-7-15-25-6-2/h8-13,24H,3,5-7,14-15H2,1-2,4H3. The van der Waals surface area contributed by atoms with Crippen LogP contribution in [0.15, 0.2) is 43.0 Å². The lowest BCUT2D eigenvalue weighted by atomic mass is 9.93. The lowest BCUT2D eigenvalue weighted by Gasteiger charge is -2.19. The molecule has 0 unspecified atom stereocenters. The highest BCUT2D eigenvalue weighted by molar-refractivity contribution is 6.30. The van der Waals surface area contributed by atoms with Crippen LogP contribution in [0.1, 0.15) is 42.5 Å². The molecule has 0 aromatic heterocycles. The smallest absolute Gasteiger partial charge is 0.0482 e. The molecule has 1 N–H and O–H groups in total. The molecule has 2 rings (SSSR count). The van der Waals surface area contributed by atoms with Gasteiger partial charge in [0, 0.05) is 36.0 Å². The number of rotatable bonds is 9. The summed E-state index contributed by atoms with van der Waals surface area (Å²) < 4.78 is 5.43. The van der Waals surface area contributed by atoms with Gasteiger partial charge in [0.2, 0.25) is 0 Å². The van der Waals surface area contributed by atoms with Crippen molar-refractivity contribution in [2.24, 2.45) is 0 Å². The first-order valence-electron chi connectivity index (χ1n) is 8.97. The second-order valence-corrected chi connectivity index (χ2v) is 6.52. The summed E-state index contributed by atoms with van der Waals surface area (Å²) in [6, 6.07) is 12.2. The van der Waals surface area contributed by atoms with Crippen LogP contribution in [-0.4, -0.2) is 19.8 Å². The maximum Gasteiger partial charge on any atom is 0.0482 e. The number of hydrogen-bond donors (Lipinski definition) is 1. The van der Waals surface area contributed by atoms with Gasteiger partial charge in [-0.25, -0.2) is 0 Å². The third-order valence-electron chi connectivity index (χ3n) is 4.45. The number of hydrogen-bond acceptors (Lipinski definition) is 2. The molecule has 0 spiro atoms. The molecule has 0 aliphatic heterocycles. The predicted molar refractivity (Wildman–Crippen MR) is 110 cm³/mol. The molecular weight excluding hydrogens is 330 g/mol.